The third-order valence-corrected chi connectivity index (χ3v) is 9.56. The fourth-order valence-corrected chi connectivity index (χ4v) is 7.13. The number of nitrogens with zero attached hydrogens (tertiary/aromatic N) is 8. The van der Waals surface area contributed by atoms with Crippen LogP contribution < -0.4 is 22.2 Å². The van der Waals surface area contributed by atoms with Gasteiger partial charge in [-0.2, -0.15) is 10.2 Å². The Kier molecular flexibility index (Phi) is 11.1. The van der Waals surface area contributed by atoms with Gasteiger partial charge in [-0.3, -0.25) is 0 Å². The van der Waals surface area contributed by atoms with Crippen molar-refractivity contribution in [3.63, 3.8) is 0 Å². The van der Waals surface area contributed by atoms with E-state index in [-0.39, 0.29) is 17.7 Å². The lowest BCUT2D eigenvalue weighted by Crippen LogP contribution is -2.42. The Morgan fingerprint density at radius 3 is 2.89 bits per heavy atom. The second-order valence-corrected chi connectivity index (χ2v) is 13.2. The first kappa shape index (κ1) is 33.1. The number of fused-ring (bicyclic) bond motifs is 1. The lowest BCUT2D eigenvalue weighted by molar-refractivity contribution is -0.112. The van der Waals surface area contributed by atoms with E-state index in [0.29, 0.717) is 40.5 Å². The van der Waals surface area contributed by atoms with Crippen LogP contribution in [0, 0.1) is 17.2 Å². The molecule has 0 radical (unpaired) electrons. The average Bonchev–Trinajstić information content (AvgIpc) is 3.58. The standard InChI is InChI=1S/C31H43N11O3S/c1-20(2)24(19-43)42(35)18-26(33)44-16-4-3-11-40-12-6-13-41(15-14-40)31-36-10-9-23(37-31)29-38-30(45-39-29)21-7-5-8-25-27(21)22(17-32)28(34)46-25/h9-10,18-21,24H,3-8,11-16,33-35H2,1-2H3/b26-18+. The number of aromatic nitrogens is 4. The minimum Gasteiger partial charge on any atom is -0.478 e. The van der Waals surface area contributed by atoms with Crippen molar-refractivity contribution >= 4 is 28.6 Å². The minimum absolute atomic E-state index is 0.0633. The van der Waals surface area contributed by atoms with Gasteiger partial charge < -0.3 is 40.3 Å². The van der Waals surface area contributed by atoms with Crippen LogP contribution in [0.1, 0.15) is 73.8 Å². The predicted molar refractivity (Wildman–Crippen MR) is 175 cm³/mol. The Bertz CT molecular complexity index is 1550. The van der Waals surface area contributed by atoms with Gasteiger partial charge in [0.1, 0.15) is 29.1 Å². The van der Waals surface area contributed by atoms with E-state index in [1.54, 1.807) is 12.3 Å². The van der Waals surface area contributed by atoms with Gasteiger partial charge >= 0.3 is 0 Å². The molecule has 1 fully saturated rings. The minimum atomic E-state index is -0.452. The number of rotatable bonds is 13. The van der Waals surface area contributed by atoms with Crippen molar-refractivity contribution in [1.29, 1.82) is 5.26 Å². The number of carbonyl (C=O) groups is 1. The molecule has 1 saturated heterocycles. The van der Waals surface area contributed by atoms with E-state index in [0.717, 1.165) is 88.0 Å². The Balaban J connectivity index is 1.12. The summed E-state index contributed by atoms with van der Waals surface area (Å²) in [7, 11) is 0. The van der Waals surface area contributed by atoms with Crippen molar-refractivity contribution in [2.75, 3.05) is 50.0 Å². The number of hydrazine groups is 1. The molecule has 4 heterocycles. The summed E-state index contributed by atoms with van der Waals surface area (Å²) in [6.45, 7) is 8.79. The van der Waals surface area contributed by atoms with E-state index in [9.17, 15) is 10.1 Å². The van der Waals surface area contributed by atoms with Crippen molar-refractivity contribution in [2.45, 2.75) is 64.3 Å². The number of hydrogen-bond donors (Lipinski definition) is 3. The molecule has 0 amide bonds. The summed E-state index contributed by atoms with van der Waals surface area (Å²) in [4.78, 5) is 31.1. The molecule has 6 N–H and O–H groups in total. The zero-order valence-electron chi connectivity index (χ0n) is 26.5. The number of nitrogen functional groups attached to an aromatic ring is 1. The summed E-state index contributed by atoms with van der Waals surface area (Å²) >= 11 is 1.48. The number of ether oxygens (including phenoxy) is 1. The zero-order chi connectivity index (χ0) is 32.6. The number of anilines is 2. The summed E-state index contributed by atoms with van der Waals surface area (Å²) in [5.41, 5.74) is 14.1. The molecule has 3 aromatic heterocycles. The van der Waals surface area contributed by atoms with Gasteiger partial charge in [0.2, 0.25) is 23.5 Å². The number of nitrogens with two attached hydrogens (primary N) is 3. The third kappa shape index (κ3) is 7.75. The molecule has 2 unspecified atom stereocenters. The number of hydrogen-bond acceptors (Lipinski definition) is 15. The smallest absolute Gasteiger partial charge is 0.234 e. The van der Waals surface area contributed by atoms with E-state index in [4.69, 9.17) is 36.5 Å². The van der Waals surface area contributed by atoms with E-state index in [1.165, 1.54) is 22.5 Å². The van der Waals surface area contributed by atoms with Crippen LogP contribution in [-0.2, 0) is 16.0 Å². The van der Waals surface area contributed by atoms with Gasteiger partial charge in [0, 0.05) is 30.7 Å². The Labute approximate surface area is 273 Å². The predicted octanol–water partition coefficient (Wildman–Crippen LogP) is 2.98. The Hall–Kier alpha value is -4.26. The van der Waals surface area contributed by atoms with E-state index < -0.39 is 6.04 Å². The van der Waals surface area contributed by atoms with E-state index >= 15 is 0 Å². The molecular formula is C31H43N11O3S. The quantitative estimate of drug-likeness (QED) is 0.0801. The van der Waals surface area contributed by atoms with Crippen LogP contribution in [0.2, 0.25) is 0 Å². The van der Waals surface area contributed by atoms with Gasteiger partial charge in [-0.1, -0.05) is 19.0 Å². The zero-order valence-corrected chi connectivity index (χ0v) is 27.3. The highest BCUT2D eigenvalue weighted by Crippen LogP contribution is 2.44. The highest BCUT2D eigenvalue weighted by molar-refractivity contribution is 7.16. The SMILES string of the molecule is CC(C)C(C=O)N(N)/C=C(\N)OCCCCN1CCCN(c2nccc(-c3noc(C4CCCc5sc(N)c(C#N)c54)n3)n2)CC1. The lowest BCUT2D eigenvalue weighted by Gasteiger charge is -2.24. The largest absolute Gasteiger partial charge is 0.478 e. The third-order valence-electron chi connectivity index (χ3n) is 8.47. The van der Waals surface area contributed by atoms with Crippen molar-refractivity contribution in [3.8, 4) is 17.6 Å². The molecule has 15 heteroatoms. The fraction of sp³-hybridized carbons (Fsp3) is 0.548. The summed E-state index contributed by atoms with van der Waals surface area (Å²) in [6, 6.07) is 3.60. The molecule has 2 aliphatic rings. The van der Waals surface area contributed by atoms with Crippen LogP contribution in [0.5, 0.6) is 0 Å². The van der Waals surface area contributed by atoms with E-state index in [2.05, 4.69) is 26.0 Å². The van der Waals surface area contributed by atoms with Crippen LogP contribution in [-0.4, -0.2) is 81.7 Å². The number of aldehydes is 1. The highest BCUT2D eigenvalue weighted by atomic mass is 32.1. The van der Waals surface area contributed by atoms with Crippen molar-refractivity contribution < 1.29 is 14.1 Å². The first-order valence-corrected chi connectivity index (χ1v) is 16.6. The van der Waals surface area contributed by atoms with Crippen molar-refractivity contribution in [1.82, 2.24) is 30.0 Å². The highest BCUT2D eigenvalue weighted by Gasteiger charge is 2.32. The summed E-state index contributed by atoms with van der Waals surface area (Å²) in [5.74, 6) is 7.59. The summed E-state index contributed by atoms with van der Waals surface area (Å²) < 4.78 is 11.3. The molecule has 0 spiro atoms. The van der Waals surface area contributed by atoms with E-state index in [1.807, 2.05) is 13.8 Å². The Morgan fingerprint density at radius 2 is 2.11 bits per heavy atom. The van der Waals surface area contributed by atoms with Gasteiger partial charge in [0.05, 0.1) is 24.3 Å². The van der Waals surface area contributed by atoms with Crippen LogP contribution in [0.3, 0.4) is 0 Å². The number of nitriles is 1. The molecular weight excluding hydrogens is 606 g/mol. The van der Waals surface area contributed by atoms with Crippen LogP contribution >= 0.6 is 11.3 Å². The molecule has 1 aliphatic carbocycles. The molecule has 46 heavy (non-hydrogen) atoms. The van der Waals surface area contributed by atoms with Gasteiger partial charge in [-0.25, -0.2) is 15.8 Å². The normalized spacial score (nSPS) is 18.1. The monoisotopic (exact) mass is 649 g/mol. The Morgan fingerprint density at radius 1 is 1.26 bits per heavy atom. The molecule has 14 nitrogen and oxygen atoms in total. The summed E-state index contributed by atoms with van der Waals surface area (Å²) in [5, 5.41) is 15.8. The van der Waals surface area contributed by atoms with Crippen LogP contribution in [0.4, 0.5) is 10.9 Å². The maximum atomic E-state index is 11.3. The van der Waals surface area contributed by atoms with Gasteiger partial charge in [0.25, 0.3) is 0 Å². The second-order valence-electron chi connectivity index (χ2n) is 12.0. The second kappa shape index (κ2) is 15.4. The topological polar surface area (TPSA) is 203 Å². The molecule has 3 aromatic rings. The van der Waals surface area contributed by atoms with Gasteiger partial charge in [0.15, 0.2) is 0 Å². The van der Waals surface area contributed by atoms with Crippen molar-refractivity contribution in [2.24, 2.45) is 17.5 Å². The maximum absolute atomic E-state index is 11.3. The molecule has 246 valence electrons. The number of carbonyl (C=O) groups excluding carboxylic acids is 1. The average molecular weight is 650 g/mol. The van der Waals surface area contributed by atoms with Gasteiger partial charge in [-0.15, -0.1) is 11.3 Å². The molecule has 0 saturated carbocycles. The molecule has 1 aliphatic heterocycles. The van der Waals surface area contributed by atoms with Crippen LogP contribution in [0.15, 0.2) is 28.9 Å². The molecule has 0 aromatic carbocycles. The van der Waals surface area contributed by atoms with Crippen LogP contribution in [0.25, 0.3) is 11.5 Å². The molecule has 0 bridgehead atoms. The number of thiophene rings is 1. The first-order valence-electron chi connectivity index (χ1n) is 15.8. The maximum Gasteiger partial charge on any atom is 0.234 e. The number of unbranched alkanes of at least 4 members (excludes halogenated alkanes) is 1. The summed E-state index contributed by atoms with van der Waals surface area (Å²) in [6.07, 6.45) is 9.51. The van der Waals surface area contributed by atoms with Gasteiger partial charge in [-0.05, 0) is 69.2 Å². The molecule has 2 atom stereocenters. The lowest BCUT2D eigenvalue weighted by atomic mass is 9.85. The first-order chi connectivity index (χ1) is 22.3. The fourth-order valence-electron chi connectivity index (χ4n) is 6.01. The number of aryl methyl sites for hydroxylation is 1. The molecule has 5 rings (SSSR count). The van der Waals surface area contributed by atoms with Crippen molar-refractivity contribution in [3.05, 3.63) is 46.2 Å².